The first-order valence-electron chi connectivity index (χ1n) is 21.8. The van der Waals surface area contributed by atoms with E-state index in [1.807, 2.05) is 143 Å². The number of carbonyl (C=O) groups is 1. The summed E-state index contributed by atoms with van der Waals surface area (Å²) in [6, 6.07) is 50.6. The molecular weight excluding hydrogens is 777 g/mol. The molecular formula is C53H66N2O7. The summed E-state index contributed by atoms with van der Waals surface area (Å²) in [7, 11) is 0. The lowest BCUT2D eigenvalue weighted by molar-refractivity contribution is -0.134. The van der Waals surface area contributed by atoms with Crippen molar-refractivity contribution in [3.8, 4) is 0 Å². The van der Waals surface area contributed by atoms with Crippen LogP contribution in [0.2, 0.25) is 0 Å². The highest BCUT2D eigenvalue weighted by atomic mass is 16.6. The highest BCUT2D eigenvalue weighted by Gasteiger charge is 2.54. The van der Waals surface area contributed by atoms with Gasteiger partial charge in [0.1, 0.15) is 17.3 Å². The summed E-state index contributed by atoms with van der Waals surface area (Å²) in [6.45, 7) is 16.9. The number of hydrogen-bond acceptors (Lipinski definition) is 8. The molecule has 2 aliphatic rings. The summed E-state index contributed by atoms with van der Waals surface area (Å²) < 4.78 is 37.3. The van der Waals surface area contributed by atoms with Gasteiger partial charge in [0.25, 0.3) is 0 Å². The Morgan fingerprint density at radius 1 is 0.581 bits per heavy atom. The Morgan fingerprint density at radius 2 is 0.984 bits per heavy atom. The fourth-order valence-corrected chi connectivity index (χ4v) is 7.96. The monoisotopic (exact) mass is 842 g/mol. The Labute approximate surface area is 369 Å². The maximum atomic E-state index is 13.4. The second kappa shape index (κ2) is 22.5. The van der Waals surface area contributed by atoms with Crippen molar-refractivity contribution in [1.29, 1.82) is 0 Å². The molecule has 2 saturated heterocycles. The zero-order valence-corrected chi connectivity index (χ0v) is 37.4. The van der Waals surface area contributed by atoms with E-state index < -0.39 is 29.4 Å². The van der Waals surface area contributed by atoms with Gasteiger partial charge in [-0.05, 0) is 55.5 Å². The van der Waals surface area contributed by atoms with Gasteiger partial charge in [0.15, 0.2) is 0 Å². The van der Waals surface area contributed by atoms with E-state index in [4.69, 9.17) is 28.4 Å². The van der Waals surface area contributed by atoms with E-state index in [1.165, 1.54) is 11.1 Å². The second-order valence-electron chi connectivity index (χ2n) is 18.2. The number of hydrogen-bond donors (Lipinski definition) is 1. The lowest BCUT2D eigenvalue weighted by atomic mass is 9.87. The molecule has 2 fully saturated rings. The molecule has 5 aromatic carbocycles. The van der Waals surface area contributed by atoms with E-state index in [0.29, 0.717) is 46.2 Å². The molecule has 0 aliphatic carbocycles. The molecule has 62 heavy (non-hydrogen) atoms. The minimum Gasteiger partial charge on any atom is -0.444 e. The Balaban J connectivity index is 0.000000229. The van der Waals surface area contributed by atoms with Gasteiger partial charge in [0, 0.05) is 12.0 Å². The molecule has 1 N–H and O–H groups in total. The fourth-order valence-electron chi connectivity index (χ4n) is 7.96. The highest BCUT2D eigenvalue weighted by molar-refractivity contribution is 5.69. The molecule has 0 unspecified atom stereocenters. The van der Waals surface area contributed by atoms with Crippen molar-refractivity contribution >= 4 is 6.09 Å². The van der Waals surface area contributed by atoms with Crippen molar-refractivity contribution in [1.82, 2.24) is 10.2 Å². The molecule has 9 nitrogen and oxygen atoms in total. The summed E-state index contributed by atoms with van der Waals surface area (Å²) in [6.07, 6.45) is -0.686. The largest absolute Gasteiger partial charge is 0.444 e. The third-order valence-electron chi connectivity index (χ3n) is 11.2. The molecule has 5 aromatic rings. The number of carbonyl (C=O) groups excluding carboxylic acids is 1. The normalized spacial score (nSPS) is 21.9. The summed E-state index contributed by atoms with van der Waals surface area (Å²) in [5, 5.41) is 3.57. The maximum Gasteiger partial charge on any atom is 0.410 e. The van der Waals surface area contributed by atoms with Crippen LogP contribution >= 0.6 is 0 Å². The van der Waals surface area contributed by atoms with Gasteiger partial charge in [-0.3, -0.25) is 4.90 Å². The van der Waals surface area contributed by atoms with Gasteiger partial charge < -0.3 is 33.7 Å². The number of nitrogens with zero attached hydrogens (tertiary/aromatic N) is 1. The summed E-state index contributed by atoms with van der Waals surface area (Å²) >= 11 is 0. The molecule has 2 aliphatic heterocycles. The van der Waals surface area contributed by atoms with Crippen molar-refractivity contribution in [2.75, 3.05) is 26.3 Å². The van der Waals surface area contributed by atoms with Crippen LogP contribution in [-0.2, 0) is 61.5 Å². The van der Waals surface area contributed by atoms with Crippen molar-refractivity contribution in [2.24, 2.45) is 5.41 Å². The first-order chi connectivity index (χ1) is 29.9. The minimum atomic E-state index is -0.775. The van der Waals surface area contributed by atoms with E-state index in [-0.39, 0.29) is 24.2 Å². The van der Waals surface area contributed by atoms with Gasteiger partial charge in [-0.15, -0.1) is 0 Å². The summed E-state index contributed by atoms with van der Waals surface area (Å²) in [5.74, 6) is 0. The second-order valence-corrected chi connectivity index (χ2v) is 18.2. The third-order valence-corrected chi connectivity index (χ3v) is 11.2. The van der Waals surface area contributed by atoms with Gasteiger partial charge in [0.2, 0.25) is 0 Å². The zero-order valence-electron chi connectivity index (χ0n) is 37.4. The van der Waals surface area contributed by atoms with Crippen LogP contribution in [-0.4, -0.2) is 72.8 Å². The highest BCUT2D eigenvalue weighted by Crippen LogP contribution is 2.36. The molecule has 0 bridgehead atoms. The van der Waals surface area contributed by atoms with Gasteiger partial charge in [-0.1, -0.05) is 166 Å². The molecule has 7 rings (SSSR count). The number of likely N-dealkylation sites (tertiary alicyclic amines) is 1. The quantitative estimate of drug-likeness (QED) is 0.0991. The van der Waals surface area contributed by atoms with Crippen molar-refractivity contribution < 1.29 is 33.2 Å². The van der Waals surface area contributed by atoms with Crippen molar-refractivity contribution in [3.05, 3.63) is 179 Å². The van der Waals surface area contributed by atoms with Crippen LogP contribution < -0.4 is 5.32 Å². The lowest BCUT2D eigenvalue weighted by Crippen LogP contribution is -2.47. The smallest absolute Gasteiger partial charge is 0.410 e. The Hall–Kier alpha value is -4.87. The van der Waals surface area contributed by atoms with Crippen LogP contribution in [0.3, 0.4) is 0 Å². The Kier molecular flexibility index (Phi) is 16.9. The molecule has 2 heterocycles. The molecule has 0 spiro atoms. The predicted molar refractivity (Wildman–Crippen MR) is 244 cm³/mol. The first kappa shape index (κ1) is 46.6. The standard InChI is InChI=1S/C32H39NO5.C21H27NO2/c1-31(2,3)38-30(34)33-24-32(4,37-22-27-18-12-7-13-19-27)29(36-21-26-16-10-6-11-17-26)28(33)23-35-20-25-14-8-5-9-15-25;1-21(2)16-22-19(15-23-13-17-9-5-3-6-10-17)20(21)24-14-18-11-7-4-8-12-18/h5-19,28-29H,20-24H2,1-4H3;3-12,19-20,22H,13-16H2,1-2H3/t28-,29-,32-;19-,20-/m11/s1. The van der Waals surface area contributed by atoms with Gasteiger partial charge in [-0.2, -0.15) is 0 Å². The number of rotatable bonds is 17. The molecule has 330 valence electrons. The first-order valence-corrected chi connectivity index (χ1v) is 21.8. The van der Waals surface area contributed by atoms with Crippen LogP contribution in [0.5, 0.6) is 0 Å². The average molecular weight is 843 g/mol. The maximum absolute atomic E-state index is 13.4. The molecule has 0 saturated carbocycles. The molecule has 9 heteroatoms. The molecule has 0 radical (unpaired) electrons. The summed E-state index contributed by atoms with van der Waals surface area (Å²) in [5.41, 5.74) is 4.30. The van der Waals surface area contributed by atoms with Crippen LogP contribution in [0.15, 0.2) is 152 Å². The minimum absolute atomic E-state index is 0.107. The van der Waals surface area contributed by atoms with E-state index in [9.17, 15) is 4.79 Å². The van der Waals surface area contributed by atoms with Gasteiger partial charge in [-0.25, -0.2) is 4.79 Å². The van der Waals surface area contributed by atoms with Crippen LogP contribution in [0.25, 0.3) is 0 Å². The van der Waals surface area contributed by atoms with Gasteiger partial charge >= 0.3 is 6.09 Å². The topological polar surface area (TPSA) is 87.7 Å². The number of amides is 1. The third kappa shape index (κ3) is 14.1. The Morgan fingerprint density at radius 3 is 1.44 bits per heavy atom. The predicted octanol–water partition coefficient (Wildman–Crippen LogP) is 10.2. The van der Waals surface area contributed by atoms with Crippen molar-refractivity contribution in [2.45, 2.75) is 110 Å². The average Bonchev–Trinajstić information content (AvgIpc) is 3.73. The number of ether oxygens (including phenoxy) is 6. The molecule has 1 amide bonds. The van der Waals surface area contributed by atoms with E-state index in [1.54, 1.807) is 4.90 Å². The summed E-state index contributed by atoms with van der Waals surface area (Å²) in [4.78, 5) is 15.1. The number of benzene rings is 5. The fraction of sp³-hybridized carbons (Fsp3) is 0.415. The van der Waals surface area contributed by atoms with Crippen LogP contribution in [0, 0.1) is 5.41 Å². The van der Waals surface area contributed by atoms with E-state index >= 15 is 0 Å². The van der Waals surface area contributed by atoms with Crippen LogP contribution in [0.4, 0.5) is 4.79 Å². The Bertz CT molecular complexity index is 2030. The molecule has 0 aromatic heterocycles. The van der Waals surface area contributed by atoms with Crippen LogP contribution in [0.1, 0.15) is 69.4 Å². The number of nitrogens with one attached hydrogen (secondary N) is 1. The lowest BCUT2D eigenvalue weighted by Gasteiger charge is -2.33. The zero-order chi connectivity index (χ0) is 43.8. The van der Waals surface area contributed by atoms with Crippen molar-refractivity contribution in [3.63, 3.8) is 0 Å². The van der Waals surface area contributed by atoms with E-state index in [2.05, 4.69) is 55.6 Å². The molecule has 5 atom stereocenters. The SMILES string of the molecule is CC(C)(C)OC(=O)N1C[C@@](C)(OCc2ccccc2)[C@H](OCc2ccccc2)[C@H]1COCc1ccccc1.CC1(C)CN[C@H](COCc2ccccc2)[C@H]1OCc1ccccc1. The van der Waals surface area contributed by atoms with E-state index in [0.717, 1.165) is 23.2 Å². The van der Waals surface area contributed by atoms with Gasteiger partial charge in [0.05, 0.1) is 71.0 Å².